The second-order valence-corrected chi connectivity index (χ2v) is 14.3. The molecule has 0 fully saturated rings. The fourth-order valence-corrected chi connectivity index (χ4v) is 7.31. The fourth-order valence-electron chi connectivity index (χ4n) is 4.78. The second-order valence-electron chi connectivity index (χ2n) is 11.7. The summed E-state index contributed by atoms with van der Waals surface area (Å²) in [6.07, 6.45) is 28.9. The molecular formula is C33H69N3OS2. The number of urea groups is 1. The third-order valence-electron chi connectivity index (χ3n) is 7.36. The first-order valence-corrected chi connectivity index (χ1v) is 19.2. The Morgan fingerprint density at radius 3 is 1.56 bits per heavy atom. The minimum atomic E-state index is -0.00186. The van der Waals surface area contributed by atoms with Crippen LogP contribution in [-0.2, 0) is 0 Å². The van der Waals surface area contributed by atoms with Crippen LogP contribution >= 0.6 is 23.5 Å². The molecule has 0 bridgehead atoms. The third kappa shape index (κ3) is 32.3. The van der Waals surface area contributed by atoms with Crippen LogP contribution in [0.3, 0.4) is 0 Å². The molecule has 4 nitrogen and oxygen atoms in total. The van der Waals surface area contributed by atoms with Gasteiger partial charge in [-0.15, -0.1) is 0 Å². The summed E-state index contributed by atoms with van der Waals surface area (Å²) in [5, 5.41) is 6.70. The van der Waals surface area contributed by atoms with Crippen molar-refractivity contribution in [2.24, 2.45) is 0 Å². The number of nitrogens with zero attached hydrogens (tertiary/aromatic N) is 1. The summed E-state index contributed by atoms with van der Waals surface area (Å²) in [6, 6.07) is -0.00186. The molecule has 0 rings (SSSR count). The highest BCUT2D eigenvalue weighted by Gasteiger charge is 2.11. The molecule has 0 saturated heterocycles. The van der Waals surface area contributed by atoms with Crippen molar-refractivity contribution in [2.45, 2.75) is 154 Å². The molecule has 2 N–H and O–H groups in total. The van der Waals surface area contributed by atoms with Crippen LogP contribution in [0.5, 0.6) is 0 Å². The number of nitrogens with one attached hydrogen (secondary N) is 2. The summed E-state index contributed by atoms with van der Waals surface area (Å²) in [7, 11) is 4.15. The summed E-state index contributed by atoms with van der Waals surface area (Å²) in [5.74, 6) is 3.65. The lowest BCUT2D eigenvalue weighted by Gasteiger charge is -2.18. The topological polar surface area (TPSA) is 44.4 Å². The maximum atomic E-state index is 12.3. The molecule has 0 aromatic rings. The Bertz CT molecular complexity index is 494. The van der Waals surface area contributed by atoms with Crippen LogP contribution in [0.4, 0.5) is 4.79 Å². The SMILES string of the molecule is CCCCCCCCCCCCSCC(CNC(=O)NCCCN(C)C)SCCCCCCCCCCCC. The van der Waals surface area contributed by atoms with Crippen LogP contribution in [-0.4, -0.2) is 67.2 Å². The molecule has 1 atom stereocenters. The van der Waals surface area contributed by atoms with E-state index in [1.54, 1.807) is 0 Å². The predicted molar refractivity (Wildman–Crippen MR) is 182 cm³/mol. The lowest BCUT2D eigenvalue weighted by Crippen LogP contribution is -2.40. The normalized spacial score (nSPS) is 12.2. The first-order valence-electron chi connectivity index (χ1n) is 17.0. The van der Waals surface area contributed by atoms with Crippen molar-refractivity contribution in [3.8, 4) is 0 Å². The molecule has 2 amide bonds. The van der Waals surface area contributed by atoms with Gasteiger partial charge in [-0.25, -0.2) is 4.79 Å². The van der Waals surface area contributed by atoms with E-state index >= 15 is 0 Å². The zero-order valence-electron chi connectivity index (χ0n) is 26.8. The van der Waals surface area contributed by atoms with Gasteiger partial charge in [0.15, 0.2) is 0 Å². The van der Waals surface area contributed by atoms with Crippen LogP contribution in [0.2, 0.25) is 0 Å². The zero-order chi connectivity index (χ0) is 28.7. The molecule has 6 heteroatoms. The number of hydrogen-bond donors (Lipinski definition) is 2. The number of thioether (sulfide) groups is 2. The van der Waals surface area contributed by atoms with Gasteiger partial charge in [0.25, 0.3) is 0 Å². The van der Waals surface area contributed by atoms with E-state index in [1.165, 1.54) is 140 Å². The largest absolute Gasteiger partial charge is 0.338 e. The van der Waals surface area contributed by atoms with Gasteiger partial charge in [0, 0.05) is 24.1 Å². The molecule has 0 aliphatic carbocycles. The maximum absolute atomic E-state index is 12.3. The molecule has 0 aliphatic heterocycles. The molecule has 1 unspecified atom stereocenters. The predicted octanol–water partition coefficient (Wildman–Crippen LogP) is 9.91. The van der Waals surface area contributed by atoms with Gasteiger partial charge in [0.05, 0.1) is 0 Å². The Morgan fingerprint density at radius 1 is 0.615 bits per heavy atom. The first kappa shape index (κ1) is 38.9. The Kier molecular flexibility index (Phi) is 32.4. The smallest absolute Gasteiger partial charge is 0.314 e. The standard InChI is InChI=1S/C33H69N3OS2/c1-5-7-9-11-13-15-17-19-21-23-28-38-31-32(30-35-33(37)34-26-25-27-36(3)4)39-29-24-22-20-18-16-14-12-10-8-6-2/h32H,5-31H2,1-4H3,(H2,34,35,37). The first-order chi connectivity index (χ1) is 19.1. The molecule has 0 aliphatic rings. The van der Waals surface area contributed by atoms with Crippen LogP contribution < -0.4 is 10.6 Å². The van der Waals surface area contributed by atoms with Crippen molar-refractivity contribution in [1.82, 2.24) is 15.5 Å². The van der Waals surface area contributed by atoms with Crippen molar-refractivity contribution < 1.29 is 4.79 Å². The quantitative estimate of drug-likeness (QED) is 0.0792. The van der Waals surface area contributed by atoms with Crippen LogP contribution in [0, 0.1) is 0 Å². The lowest BCUT2D eigenvalue weighted by atomic mass is 10.1. The van der Waals surface area contributed by atoms with Crippen molar-refractivity contribution in [1.29, 1.82) is 0 Å². The molecule has 0 aromatic heterocycles. The van der Waals surface area contributed by atoms with E-state index in [2.05, 4.69) is 67.0 Å². The number of carbonyl (C=O) groups is 1. The van der Waals surface area contributed by atoms with E-state index in [1.807, 2.05) is 0 Å². The molecule has 0 heterocycles. The van der Waals surface area contributed by atoms with Gasteiger partial charge in [-0.3, -0.25) is 0 Å². The number of unbranched alkanes of at least 4 members (excludes halogenated alkanes) is 18. The van der Waals surface area contributed by atoms with E-state index < -0.39 is 0 Å². The van der Waals surface area contributed by atoms with Crippen molar-refractivity contribution in [3.05, 3.63) is 0 Å². The summed E-state index contributed by atoms with van der Waals surface area (Å²) in [5.41, 5.74) is 0. The molecule has 234 valence electrons. The molecule has 0 aromatic carbocycles. The van der Waals surface area contributed by atoms with Gasteiger partial charge in [0.1, 0.15) is 0 Å². The Morgan fingerprint density at radius 2 is 1.08 bits per heavy atom. The Hall–Kier alpha value is -0.0700. The van der Waals surface area contributed by atoms with E-state index in [9.17, 15) is 4.79 Å². The minimum absolute atomic E-state index is 0.00186. The second kappa shape index (κ2) is 32.4. The number of hydrogen-bond acceptors (Lipinski definition) is 4. The monoisotopic (exact) mass is 587 g/mol. The van der Waals surface area contributed by atoms with Crippen molar-refractivity contribution >= 4 is 29.6 Å². The van der Waals surface area contributed by atoms with Crippen molar-refractivity contribution in [3.63, 3.8) is 0 Å². The number of carbonyl (C=O) groups excluding carboxylic acids is 1. The molecule has 39 heavy (non-hydrogen) atoms. The van der Waals surface area contributed by atoms with Crippen LogP contribution in [0.15, 0.2) is 0 Å². The van der Waals surface area contributed by atoms with E-state index in [0.717, 1.165) is 31.8 Å². The van der Waals surface area contributed by atoms with Gasteiger partial charge in [0.2, 0.25) is 0 Å². The zero-order valence-corrected chi connectivity index (χ0v) is 28.5. The van der Waals surface area contributed by atoms with Gasteiger partial charge in [-0.05, 0) is 51.4 Å². The van der Waals surface area contributed by atoms with Gasteiger partial charge >= 0.3 is 6.03 Å². The highest BCUT2D eigenvalue weighted by molar-refractivity contribution is 8.03. The van der Waals surface area contributed by atoms with E-state index in [4.69, 9.17) is 0 Å². The molecular weight excluding hydrogens is 519 g/mol. The highest BCUT2D eigenvalue weighted by Crippen LogP contribution is 2.20. The van der Waals surface area contributed by atoms with Crippen molar-refractivity contribution in [2.75, 3.05) is 51.0 Å². The minimum Gasteiger partial charge on any atom is -0.338 e. The molecule has 0 saturated carbocycles. The van der Waals surface area contributed by atoms with Gasteiger partial charge < -0.3 is 15.5 Å². The summed E-state index contributed by atoms with van der Waals surface area (Å²) in [6.45, 7) is 7.12. The average molecular weight is 588 g/mol. The van der Waals surface area contributed by atoms with Gasteiger partial charge in [-0.2, -0.15) is 23.5 Å². The average Bonchev–Trinajstić information content (AvgIpc) is 2.92. The summed E-state index contributed by atoms with van der Waals surface area (Å²) < 4.78 is 0. The summed E-state index contributed by atoms with van der Waals surface area (Å²) in [4.78, 5) is 14.4. The summed E-state index contributed by atoms with van der Waals surface area (Å²) >= 11 is 4.19. The Balaban J connectivity index is 4.00. The van der Waals surface area contributed by atoms with Gasteiger partial charge in [-0.1, -0.05) is 129 Å². The molecule has 0 radical (unpaired) electrons. The lowest BCUT2D eigenvalue weighted by molar-refractivity contribution is 0.240. The van der Waals surface area contributed by atoms with Crippen LogP contribution in [0.1, 0.15) is 149 Å². The maximum Gasteiger partial charge on any atom is 0.314 e. The molecule has 0 spiro atoms. The van der Waals surface area contributed by atoms with E-state index in [-0.39, 0.29) is 6.03 Å². The highest BCUT2D eigenvalue weighted by atomic mass is 32.2. The van der Waals surface area contributed by atoms with Crippen LogP contribution in [0.25, 0.3) is 0 Å². The fraction of sp³-hybridized carbons (Fsp3) is 0.970. The number of rotatable bonds is 31. The third-order valence-corrected chi connectivity index (χ3v) is 10.1. The Labute approximate surface area is 254 Å². The number of amides is 2. The van der Waals surface area contributed by atoms with E-state index in [0.29, 0.717) is 5.25 Å².